The lowest BCUT2D eigenvalue weighted by Gasteiger charge is -2.29. The van der Waals surface area contributed by atoms with Gasteiger partial charge in [-0.25, -0.2) is 4.79 Å². The minimum Gasteiger partial charge on any atom is -0.338 e. The Labute approximate surface area is 157 Å². The highest BCUT2D eigenvalue weighted by Gasteiger charge is 2.20. The van der Waals surface area contributed by atoms with E-state index in [1.807, 2.05) is 47.0 Å². The summed E-state index contributed by atoms with van der Waals surface area (Å²) in [5, 5.41) is 9.51. The molecule has 0 radical (unpaired) electrons. The molecule has 0 bridgehead atoms. The van der Waals surface area contributed by atoms with Crippen LogP contribution in [-0.4, -0.2) is 33.8 Å². The van der Waals surface area contributed by atoms with E-state index in [9.17, 15) is 4.79 Å². The smallest absolute Gasteiger partial charge is 0.317 e. The Balaban J connectivity index is 1.36. The second kappa shape index (κ2) is 7.00. The molecule has 0 saturated heterocycles. The van der Waals surface area contributed by atoms with Crippen LogP contribution in [0.1, 0.15) is 16.8 Å². The number of aromatic nitrogens is 2. The van der Waals surface area contributed by atoms with E-state index in [1.165, 1.54) is 11.1 Å². The number of carbonyl (C=O) groups is 1. The fourth-order valence-corrected chi connectivity index (χ4v) is 3.76. The van der Waals surface area contributed by atoms with E-state index in [-0.39, 0.29) is 6.03 Å². The molecular weight excluding hydrogens is 348 g/mol. The second-order valence-corrected chi connectivity index (χ2v) is 7.09. The summed E-state index contributed by atoms with van der Waals surface area (Å²) in [5.74, 6) is 0. The first-order chi connectivity index (χ1) is 12.6. The van der Waals surface area contributed by atoms with Crippen molar-refractivity contribution in [3.63, 3.8) is 0 Å². The van der Waals surface area contributed by atoms with Gasteiger partial charge in [0.15, 0.2) is 0 Å². The number of nitrogens with one attached hydrogen (secondary N) is 1. The predicted molar refractivity (Wildman–Crippen MR) is 103 cm³/mol. The molecule has 4 rings (SSSR count). The van der Waals surface area contributed by atoms with Crippen LogP contribution < -0.4 is 5.32 Å². The molecule has 1 N–H and O–H groups in total. The molecule has 134 valence electrons. The van der Waals surface area contributed by atoms with Crippen LogP contribution in [0.3, 0.4) is 0 Å². The third-order valence-electron chi connectivity index (χ3n) is 4.94. The molecule has 26 heavy (non-hydrogen) atoms. The quantitative estimate of drug-likeness (QED) is 0.768. The lowest BCUT2D eigenvalue weighted by atomic mass is 10.0. The van der Waals surface area contributed by atoms with E-state index < -0.39 is 0 Å². The summed E-state index contributed by atoms with van der Waals surface area (Å²) in [5.41, 5.74) is 4.54. The maximum Gasteiger partial charge on any atom is 0.317 e. The number of amides is 2. The van der Waals surface area contributed by atoms with Gasteiger partial charge in [0, 0.05) is 43.5 Å². The summed E-state index contributed by atoms with van der Waals surface area (Å²) in [4.78, 5) is 14.4. The number of benzene rings is 2. The van der Waals surface area contributed by atoms with Gasteiger partial charge >= 0.3 is 6.03 Å². The van der Waals surface area contributed by atoms with Gasteiger partial charge < -0.3 is 10.2 Å². The van der Waals surface area contributed by atoms with Crippen molar-refractivity contribution in [2.24, 2.45) is 7.05 Å². The number of rotatable bonds is 3. The summed E-state index contributed by atoms with van der Waals surface area (Å²) in [7, 11) is 1.95. The maximum atomic E-state index is 12.5. The fraction of sp³-hybridized carbons (Fsp3) is 0.300. The molecule has 1 aliphatic heterocycles. The van der Waals surface area contributed by atoms with Crippen molar-refractivity contribution in [3.05, 3.63) is 64.3 Å². The maximum absolute atomic E-state index is 12.5. The van der Waals surface area contributed by atoms with Gasteiger partial charge in [0.2, 0.25) is 0 Å². The van der Waals surface area contributed by atoms with E-state index >= 15 is 0 Å². The highest BCUT2D eigenvalue weighted by atomic mass is 35.5. The molecule has 0 saturated carbocycles. The van der Waals surface area contributed by atoms with Crippen LogP contribution in [0.5, 0.6) is 0 Å². The van der Waals surface area contributed by atoms with Crippen molar-refractivity contribution in [2.45, 2.75) is 19.4 Å². The summed E-state index contributed by atoms with van der Waals surface area (Å²) < 4.78 is 1.89. The fourth-order valence-electron chi connectivity index (χ4n) is 3.57. The molecule has 0 aliphatic carbocycles. The van der Waals surface area contributed by atoms with Crippen LogP contribution >= 0.6 is 11.6 Å². The summed E-state index contributed by atoms with van der Waals surface area (Å²) >= 11 is 6.04. The van der Waals surface area contributed by atoms with Gasteiger partial charge in [-0.15, -0.1) is 0 Å². The van der Waals surface area contributed by atoms with Crippen LogP contribution in [0.15, 0.2) is 42.5 Å². The zero-order valence-corrected chi connectivity index (χ0v) is 15.5. The minimum absolute atomic E-state index is 0.0224. The zero-order valence-electron chi connectivity index (χ0n) is 14.7. The second-order valence-electron chi connectivity index (χ2n) is 6.65. The minimum atomic E-state index is -0.0224. The van der Waals surface area contributed by atoms with E-state index in [4.69, 9.17) is 11.6 Å². The molecule has 0 unspecified atom stereocenters. The third kappa shape index (κ3) is 3.27. The first-order valence-electron chi connectivity index (χ1n) is 8.82. The van der Waals surface area contributed by atoms with Crippen molar-refractivity contribution in [2.75, 3.05) is 13.1 Å². The number of nitrogens with zero attached hydrogens (tertiary/aromatic N) is 3. The van der Waals surface area contributed by atoms with Crippen molar-refractivity contribution in [3.8, 4) is 0 Å². The van der Waals surface area contributed by atoms with Gasteiger partial charge in [-0.1, -0.05) is 35.9 Å². The molecule has 6 heteroatoms. The third-order valence-corrected chi connectivity index (χ3v) is 5.18. The molecule has 1 aromatic heterocycles. The van der Waals surface area contributed by atoms with E-state index in [1.54, 1.807) is 0 Å². The molecule has 2 aromatic carbocycles. The predicted octanol–water partition coefficient (Wildman–Crippen LogP) is 3.54. The average molecular weight is 369 g/mol. The van der Waals surface area contributed by atoms with Gasteiger partial charge in [0.05, 0.1) is 11.2 Å². The number of hydrogen-bond donors (Lipinski definition) is 1. The standard InChI is InChI=1S/C20H21ClN4O/c1-24-19-5-3-2-4-17(19)18(23-24)8-10-22-20(26)25-11-9-14-12-16(21)7-6-15(14)13-25/h2-7,12H,8-11,13H2,1H3,(H,22,26). The van der Waals surface area contributed by atoms with E-state index in [2.05, 4.69) is 22.5 Å². The lowest BCUT2D eigenvalue weighted by Crippen LogP contribution is -2.43. The number of hydrogen-bond acceptors (Lipinski definition) is 2. The van der Waals surface area contributed by atoms with E-state index in [0.29, 0.717) is 26.1 Å². The lowest BCUT2D eigenvalue weighted by molar-refractivity contribution is 0.192. The number of aryl methyl sites for hydroxylation is 1. The molecule has 2 heterocycles. The first-order valence-corrected chi connectivity index (χ1v) is 9.20. The highest BCUT2D eigenvalue weighted by Crippen LogP contribution is 2.22. The summed E-state index contributed by atoms with van der Waals surface area (Å²) in [6, 6.07) is 14.0. The number of urea groups is 1. The molecule has 3 aromatic rings. The Morgan fingerprint density at radius 3 is 2.96 bits per heavy atom. The van der Waals surface area contributed by atoms with E-state index in [0.717, 1.165) is 28.0 Å². The first kappa shape index (κ1) is 16.9. The van der Waals surface area contributed by atoms with Gasteiger partial charge in [-0.05, 0) is 35.7 Å². The Morgan fingerprint density at radius 2 is 2.08 bits per heavy atom. The molecule has 1 aliphatic rings. The van der Waals surface area contributed by atoms with Gasteiger partial charge in [-0.3, -0.25) is 4.68 Å². The molecule has 0 spiro atoms. The van der Waals surface area contributed by atoms with Crippen LogP contribution in [0.2, 0.25) is 5.02 Å². The Bertz CT molecular complexity index is 966. The number of fused-ring (bicyclic) bond motifs is 2. The molecular formula is C20H21ClN4O. The summed E-state index contributed by atoms with van der Waals surface area (Å²) in [6.07, 6.45) is 1.56. The Kier molecular flexibility index (Phi) is 4.55. The Morgan fingerprint density at radius 1 is 1.23 bits per heavy atom. The normalized spacial score (nSPS) is 13.7. The van der Waals surface area contributed by atoms with Crippen molar-refractivity contribution < 1.29 is 4.79 Å². The number of halogens is 1. The summed E-state index contributed by atoms with van der Waals surface area (Å²) in [6.45, 7) is 1.92. The van der Waals surface area contributed by atoms with Crippen LogP contribution in [0, 0.1) is 0 Å². The van der Waals surface area contributed by atoms with Gasteiger partial charge in [0.1, 0.15) is 0 Å². The van der Waals surface area contributed by atoms with Crippen molar-refractivity contribution >= 4 is 28.5 Å². The zero-order chi connectivity index (χ0) is 18.1. The number of para-hydroxylation sites is 1. The topological polar surface area (TPSA) is 50.2 Å². The Hall–Kier alpha value is -2.53. The number of carbonyl (C=O) groups excluding carboxylic acids is 1. The molecule has 0 fully saturated rings. The monoisotopic (exact) mass is 368 g/mol. The van der Waals surface area contributed by atoms with Gasteiger partial charge in [0.25, 0.3) is 0 Å². The molecule has 2 amide bonds. The SMILES string of the molecule is Cn1nc(CCNC(=O)N2CCc3cc(Cl)ccc3C2)c2ccccc21. The van der Waals surface area contributed by atoms with Crippen molar-refractivity contribution in [1.82, 2.24) is 20.0 Å². The van der Waals surface area contributed by atoms with Crippen molar-refractivity contribution in [1.29, 1.82) is 0 Å². The van der Waals surface area contributed by atoms with Gasteiger partial charge in [-0.2, -0.15) is 5.10 Å². The van der Waals surface area contributed by atoms with Crippen LogP contribution in [0.25, 0.3) is 10.9 Å². The largest absolute Gasteiger partial charge is 0.338 e. The molecule has 5 nitrogen and oxygen atoms in total. The van der Waals surface area contributed by atoms with Crippen LogP contribution in [0.4, 0.5) is 4.79 Å². The van der Waals surface area contributed by atoms with Crippen LogP contribution in [-0.2, 0) is 26.4 Å². The average Bonchev–Trinajstić information content (AvgIpc) is 2.97. The highest BCUT2D eigenvalue weighted by molar-refractivity contribution is 6.30. The molecule has 0 atom stereocenters.